The highest BCUT2D eigenvalue weighted by Crippen LogP contribution is 2.44. The summed E-state index contributed by atoms with van der Waals surface area (Å²) < 4.78 is 1.66. The van der Waals surface area contributed by atoms with Crippen molar-refractivity contribution in [3.63, 3.8) is 0 Å². The van der Waals surface area contributed by atoms with E-state index in [9.17, 15) is 4.79 Å². The van der Waals surface area contributed by atoms with E-state index in [0.717, 1.165) is 23.3 Å². The Morgan fingerprint density at radius 2 is 2.00 bits per heavy atom. The van der Waals surface area contributed by atoms with Crippen molar-refractivity contribution in [2.45, 2.75) is 32.7 Å². The standard InChI is InChI=1S/C16H16ClN5O/c1-16(2)7-11-13(12(23)8-16)14(9-3-5-10(17)6-4-9)22-15(18-11)19-20-21-22/h3-6,14H,7-8H2,1-2H3,(H,18,19,21)/t14-/m0/s1. The Labute approximate surface area is 138 Å². The van der Waals surface area contributed by atoms with Gasteiger partial charge in [0.05, 0.1) is 0 Å². The molecule has 2 aromatic rings. The van der Waals surface area contributed by atoms with Gasteiger partial charge in [0.2, 0.25) is 5.95 Å². The number of hydrogen-bond donors (Lipinski definition) is 1. The van der Waals surface area contributed by atoms with Crippen molar-refractivity contribution in [1.82, 2.24) is 20.2 Å². The largest absolute Gasteiger partial charge is 0.326 e. The molecule has 1 aliphatic heterocycles. The van der Waals surface area contributed by atoms with Gasteiger partial charge in [0, 0.05) is 22.7 Å². The highest BCUT2D eigenvalue weighted by Gasteiger charge is 2.41. The molecule has 2 aliphatic rings. The Hall–Kier alpha value is -2.21. The summed E-state index contributed by atoms with van der Waals surface area (Å²) in [4.78, 5) is 12.8. The SMILES string of the molecule is CC1(C)CC(=O)C2=C(C1)Nc1nnnn1[C@H]2c1ccc(Cl)cc1. The molecule has 1 aromatic carbocycles. The molecule has 2 heterocycles. The minimum atomic E-state index is -0.308. The number of ketones is 1. The van der Waals surface area contributed by atoms with Crippen molar-refractivity contribution in [2.24, 2.45) is 5.41 Å². The topological polar surface area (TPSA) is 72.7 Å². The number of tetrazole rings is 1. The zero-order valence-corrected chi connectivity index (χ0v) is 13.6. The van der Waals surface area contributed by atoms with E-state index in [2.05, 4.69) is 34.7 Å². The summed E-state index contributed by atoms with van der Waals surface area (Å²) >= 11 is 5.99. The lowest BCUT2D eigenvalue weighted by atomic mass is 9.73. The molecule has 0 radical (unpaired) electrons. The maximum Gasteiger partial charge on any atom is 0.248 e. The molecule has 0 saturated heterocycles. The second kappa shape index (κ2) is 4.89. The lowest BCUT2D eigenvalue weighted by Crippen LogP contribution is -2.36. The molecule has 1 aromatic heterocycles. The van der Waals surface area contributed by atoms with Crippen molar-refractivity contribution in [3.05, 3.63) is 46.1 Å². The highest BCUT2D eigenvalue weighted by atomic mass is 35.5. The number of hydrogen-bond acceptors (Lipinski definition) is 5. The van der Waals surface area contributed by atoms with Gasteiger partial charge in [-0.1, -0.05) is 42.7 Å². The van der Waals surface area contributed by atoms with Gasteiger partial charge in [-0.2, -0.15) is 4.68 Å². The molecule has 6 nitrogen and oxygen atoms in total. The Morgan fingerprint density at radius 1 is 1.26 bits per heavy atom. The molecule has 1 aliphatic carbocycles. The van der Waals surface area contributed by atoms with Crippen LogP contribution in [0.5, 0.6) is 0 Å². The smallest absolute Gasteiger partial charge is 0.248 e. The molecule has 0 saturated carbocycles. The Morgan fingerprint density at radius 3 is 2.74 bits per heavy atom. The summed E-state index contributed by atoms with van der Waals surface area (Å²) in [6.45, 7) is 4.20. The number of nitrogens with one attached hydrogen (secondary N) is 1. The molecule has 1 N–H and O–H groups in total. The van der Waals surface area contributed by atoms with Crippen LogP contribution >= 0.6 is 11.6 Å². The number of halogens is 1. The van der Waals surface area contributed by atoms with Crippen molar-refractivity contribution >= 4 is 23.3 Å². The third-order valence-electron chi connectivity index (χ3n) is 4.38. The van der Waals surface area contributed by atoms with Crippen LogP contribution in [0.1, 0.15) is 38.3 Å². The molecule has 118 valence electrons. The minimum absolute atomic E-state index is 0.0664. The van der Waals surface area contributed by atoms with E-state index in [0.29, 0.717) is 17.4 Å². The van der Waals surface area contributed by atoms with E-state index in [1.54, 1.807) is 4.68 Å². The summed E-state index contributed by atoms with van der Waals surface area (Å²) in [6, 6.07) is 7.17. The predicted octanol–water partition coefficient (Wildman–Crippen LogP) is 2.98. The van der Waals surface area contributed by atoms with E-state index in [-0.39, 0.29) is 17.2 Å². The first kappa shape index (κ1) is 14.4. The molecular weight excluding hydrogens is 314 g/mol. The number of carbonyl (C=O) groups is 1. The average molecular weight is 330 g/mol. The first-order chi connectivity index (χ1) is 10.9. The molecule has 23 heavy (non-hydrogen) atoms. The molecule has 0 amide bonds. The fourth-order valence-electron chi connectivity index (χ4n) is 3.42. The Kier molecular flexibility index (Phi) is 3.06. The quantitative estimate of drug-likeness (QED) is 0.870. The van der Waals surface area contributed by atoms with Crippen molar-refractivity contribution in [2.75, 3.05) is 5.32 Å². The van der Waals surface area contributed by atoms with Gasteiger partial charge < -0.3 is 5.32 Å². The molecule has 1 atom stereocenters. The zero-order valence-electron chi connectivity index (χ0n) is 12.9. The maximum absolute atomic E-state index is 12.8. The van der Waals surface area contributed by atoms with Crippen molar-refractivity contribution < 1.29 is 4.79 Å². The molecule has 4 rings (SSSR count). The second-order valence-electron chi connectivity index (χ2n) is 6.86. The summed E-state index contributed by atoms with van der Waals surface area (Å²) in [7, 11) is 0. The fourth-order valence-corrected chi connectivity index (χ4v) is 3.55. The summed E-state index contributed by atoms with van der Waals surface area (Å²) in [5, 5.41) is 15.8. The number of rotatable bonds is 1. The zero-order chi connectivity index (χ0) is 16.2. The van der Waals surface area contributed by atoms with Gasteiger partial charge in [-0.25, -0.2) is 0 Å². The molecule has 7 heteroatoms. The van der Waals surface area contributed by atoms with Gasteiger partial charge >= 0.3 is 0 Å². The molecule has 0 bridgehead atoms. The lowest BCUT2D eigenvalue weighted by Gasteiger charge is -2.37. The van der Waals surface area contributed by atoms with Crippen molar-refractivity contribution in [3.8, 4) is 0 Å². The summed E-state index contributed by atoms with van der Waals surface area (Å²) in [5.74, 6) is 0.707. The third kappa shape index (κ3) is 2.34. The number of Topliss-reactive ketones (excluding diaryl/α,β-unsaturated/α-hetero) is 1. The summed E-state index contributed by atoms with van der Waals surface area (Å²) in [5.41, 5.74) is 2.56. The van der Waals surface area contributed by atoms with Gasteiger partial charge in [0.1, 0.15) is 6.04 Å². The van der Waals surface area contributed by atoms with Gasteiger partial charge in [-0.15, -0.1) is 0 Å². The van der Waals surface area contributed by atoms with Gasteiger partial charge in [-0.05, 0) is 40.0 Å². The molecule has 0 spiro atoms. The van der Waals surface area contributed by atoms with Crippen LogP contribution in [-0.4, -0.2) is 26.0 Å². The molecule has 0 fully saturated rings. The number of allylic oxidation sites excluding steroid dienone is 2. The van der Waals surface area contributed by atoms with E-state index in [4.69, 9.17) is 11.6 Å². The Bertz CT molecular complexity index is 821. The number of aromatic nitrogens is 4. The molecular formula is C16H16ClN5O. The number of carbonyl (C=O) groups excluding carboxylic acids is 1. The van der Waals surface area contributed by atoms with Gasteiger partial charge in [0.15, 0.2) is 5.78 Å². The van der Waals surface area contributed by atoms with Gasteiger partial charge in [-0.3, -0.25) is 4.79 Å². The monoisotopic (exact) mass is 329 g/mol. The first-order valence-corrected chi connectivity index (χ1v) is 7.89. The Balaban J connectivity index is 1.89. The average Bonchev–Trinajstić information content (AvgIpc) is 2.92. The van der Waals surface area contributed by atoms with Crippen LogP contribution in [0, 0.1) is 5.41 Å². The van der Waals surface area contributed by atoms with Crippen LogP contribution in [0.15, 0.2) is 35.5 Å². The minimum Gasteiger partial charge on any atom is -0.326 e. The van der Waals surface area contributed by atoms with Crippen molar-refractivity contribution in [1.29, 1.82) is 0 Å². The predicted molar refractivity (Wildman–Crippen MR) is 86.1 cm³/mol. The number of anilines is 1. The third-order valence-corrected chi connectivity index (χ3v) is 4.63. The van der Waals surface area contributed by atoms with Crippen LogP contribution < -0.4 is 5.32 Å². The normalized spacial score (nSPS) is 22.4. The number of benzene rings is 1. The van der Waals surface area contributed by atoms with E-state index < -0.39 is 0 Å². The van der Waals surface area contributed by atoms with Crippen LogP contribution in [0.4, 0.5) is 5.95 Å². The van der Waals surface area contributed by atoms with Crippen LogP contribution in [-0.2, 0) is 4.79 Å². The fraction of sp³-hybridized carbons (Fsp3) is 0.375. The first-order valence-electron chi connectivity index (χ1n) is 7.51. The summed E-state index contributed by atoms with van der Waals surface area (Å²) in [6.07, 6.45) is 1.32. The number of fused-ring (bicyclic) bond motifs is 1. The highest BCUT2D eigenvalue weighted by molar-refractivity contribution is 6.30. The molecule has 0 unspecified atom stereocenters. The second-order valence-corrected chi connectivity index (χ2v) is 7.30. The van der Waals surface area contributed by atoms with Crippen LogP contribution in [0.2, 0.25) is 5.02 Å². The van der Waals surface area contributed by atoms with Gasteiger partial charge in [0.25, 0.3) is 0 Å². The number of nitrogens with zero attached hydrogens (tertiary/aromatic N) is 4. The van der Waals surface area contributed by atoms with E-state index in [1.807, 2.05) is 24.3 Å². The maximum atomic E-state index is 12.8. The van der Waals surface area contributed by atoms with Crippen LogP contribution in [0.3, 0.4) is 0 Å². The van der Waals surface area contributed by atoms with Crippen LogP contribution in [0.25, 0.3) is 0 Å². The lowest BCUT2D eigenvalue weighted by molar-refractivity contribution is -0.118. The van der Waals surface area contributed by atoms with E-state index >= 15 is 0 Å². The van der Waals surface area contributed by atoms with E-state index in [1.165, 1.54) is 0 Å².